The number of carbonyl (C=O) groups excluding carboxylic acids is 2. The Labute approximate surface area is 155 Å². The van der Waals surface area contributed by atoms with Crippen molar-refractivity contribution in [3.05, 3.63) is 52.9 Å². The SMILES string of the molecule is COC(=O)c1nn(C)cc1N(Cc1ccc2ccc(Cl)nc2c1)C(C)=O. The molecule has 0 unspecified atom stereocenters. The van der Waals surface area contributed by atoms with Crippen molar-refractivity contribution in [2.75, 3.05) is 12.0 Å². The molecular weight excluding hydrogens is 356 g/mol. The van der Waals surface area contributed by atoms with Gasteiger partial charge in [-0.3, -0.25) is 9.48 Å². The summed E-state index contributed by atoms with van der Waals surface area (Å²) in [5, 5.41) is 5.46. The minimum atomic E-state index is -0.598. The average molecular weight is 373 g/mol. The zero-order valence-corrected chi connectivity index (χ0v) is 15.3. The Morgan fingerprint density at radius 3 is 2.69 bits per heavy atom. The molecule has 1 amide bonds. The topological polar surface area (TPSA) is 77.3 Å². The van der Waals surface area contributed by atoms with Crippen LogP contribution in [-0.4, -0.2) is 33.8 Å². The van der Waals surface area contributed by atoms with Gasteiger partial charge < -0.3 is 9.64 Å². The molecule has 0 radical (unpaired) electrons. The summed E-state index contributed by atoms with van der Waals surface area (Å²) in [5.41, 5.74) is 2.07. The third-order valence-electron chi connectivity index (χ3n) is 3.92. The Hall–Kier alpha value is -2.93. The largest absolute Gasteiger partial charge is 0.464 e. The zero-order chi connectivity index (χ0) is 18.8. The Balaban J connectivity index is 2.00. The first-order valence-corrected chi connectivity index (χ1v) is 8.22. The smallest absolute Gasteiger partial charge is 0.360 e. The van der Waals surface area contributed by atoms with Gasteiger partial charge in [-0.1, -0.05) is 23.7 Å². The second kappa shape index (κ2) is 7.13. The molecule has 3 aromatic rings. The molecule has 0 N–H and O–H groups in total. The van der Waals surface area contributed by atoms with Crippen molar-refractivity contribution < 1.29 is 14.3 Å². The van der Waals surface area contributed by atoms with Gasteiger partial charge in [-0.2, -0.15) is 5.10 Å². The second-order valence-electron chi connectivity index (χ2n) is 5.79. The molecule has 134 valence electrons. The molecule has 0 spiro atoms. The van der Waals surface area contributed by atoms with Crippen molar-refractivity contribution in [1.29, 1.82) is 0 Å². The first-order chi connectivity index (χ1) is 12.4. The Morgan fingerprint density at radius 1 is 1.27 bits per heavy atom. The normalized spacial score (nSPS) is 10.8. The van der Waals surface area contributed by atoms with Crippen LogP contribution >= 0.6 is 11.6 Å². The molecular formula is C18H17ClN4O3. The number of carbonyl (C=O) groups is 2. The van der Waals surface area contributed by atoms with Crippen molar-refractivity contribution in [3.63, 3.8) is 0 Å². The van der Waals surface area contributed by atoms with Gasteiger partial charge in [0.15, 0.2) is 5.69 Å². The van der Waals surface area contributed by atoms with E-state index in [1.165, 1.54) is 23.6 Å². The van der Waals surface area contributed by atoms with E-state index in [0.29, 0.717) is 10.8 Å². The van der Waals surface area contributed by atoms with Gasteiger partial charge in [-0.05, 0) is 23.8 Å². The number of anilines is 1. The number of fused-ring (bicyclic) bond motifs is 1. The van der Waals surface area contributed by atoms with Crippen LogP contribution in [0.4, 0.5) is 5.69 Å². The third-order valence-corrected chi connectivity index (χ3v) is 4.13. The van der Waals surface area contributed by atoms with Crippen LogP contribution in [0, 0.1) is 0 Å². The number of nitrogens with zero attached hydrogens (tertiary/aromatic N) is 4. The van der Waals surface area contributed by atoms with Gasteiger partial charge in [0.2, 0.25) is 5.91 Å². The molecule has 0 atom stereocenters. The molecule has 26 heavy (non-hydrogen) atoms. The van der Waals surface area contributed by atoms with Crippen molar-refractivity contribution in [2.24, 2.45) is 7.05 Å². The van der Waals surface area contributed by atoms with E-state index in [2.05, 4.69) is 10.1 Å². The lowest BCUT2D eigenvalue weighted by atomic mass is 10.1. The number of halogens is 1. The summed E-state index contributed by atoms with van der Waals surface area (Å²) in [4.78, 5) is 30.0. The molecule has 7 nitrogen and oxygen atoms in total. The molecule has 3 rings (SSSR count). The number of hydrogen-bond acceptors (Lipinski definition) is 5. The predicted octanol–water partition coefficient (Wildman–Crippen LogP) is 2.96. The summed E-state index contributed by atoms with van der Waals surface area (Å²) < 4.78 is 6.24. The van der Waals surface area contributed by atoms with Crippen molar-refractivity contribution in [1.82, 2.24) is 14.8 Å². The molecule has 0 fully saturated rings. The van der Waals surface area contributed by atoms with Crippen LogP contribution in [0.25, 0.3) is 10.9 Å². The first kappa shape index (κ1) is 17.9. The number of esters is 1. The lowest BCUT2D eigenvalue weighted by molar-refractivity contribution is -0.116. The minimum Gasteiger partial charge on any atom is -0.464 e. The van der Waals surface area contributed by atoms with Gasteiger partial charge in [0, 0.05) is 25.6 Å². The van der Waals surface area contributed by atoms with E-state index in [1.54, 1.807) is 19.3 Å². The lowest BCUT2D eigenvalue weighted by Gasteiger charge is -2.20. The third kappa shape index (κ3) is 3.52. The molecule has 0 saturated heterocycles. The first-order valence-electron chi connectivity index (χ1n) is 7.84. The lowest BCUT2D eigenvalue weighted by Crippen LogP contribution is -2.29. The predicted molar refractivity (Wildman–Crippen MR) is 98.2 cm³/mol. The Kier molecular flexibility index (Phi) is 4.90. The van der Waals surface area contributed by atoms with Gasteiger partial charge in [0.1, 0.15) is 5.15 Å². The highest BCUT2D eigenvalue weighted by Gasteiger charge is 2.24. The highest BCUT2D eigenvalue weighted by Crippen LogP contribution is 2.24. The molecule has 0 aliphatic carbocycles. The molecule has 2 aromatic heterocycles. The standard InChI is InChI=1S/C18H17ClN4O3/c1-11(24)23(15-10-22(2)21-17(15)18(25)26-3)9-12-4-5-13-6-7-16(19)20-14(13)8-12/h4-8,10H,9H2,1-3H3. The van der Waals surface area contributed by atoms with Gasteiger partial charge in [-0.25, -0.2) is 9.78 Å². The number of hydrogen-bond donors (Lipinski definition) is 0. The van der Waals surface area contributed by atoms with Crippen LogP contribution in [-0.2, 0) is 23.1 Å². The Morgan fingerprint density at radius 2 is 2.00 bits per heavy atom. The molecule has 0 aliphatic heterocycles. The highest BCUT2D eigenvalue weighted by molar-refractivity contribution is 6.29. The summed E-state index contributed by atoms with van der Waals surface area (Å²) in [6.07, 6.45) is 1.61. The van der Waals surface area contributed by atoms with Crippen molar-refractivity contribution in [2.45, 2.75) is 13.5 Å². The Bertz CT molecular complexity index is 999. The fraction of sp³-hybridized carbons (Fsp3) is 0.222. The number of pyridine rings is 1. The molecule has 1 aromatic carbocycles. The number of aryl methyl sites for hydroxylation is 1. The van der Waals surface area contributed by atoms with Gasteiger partial charge in [0.05, 0.1) is 24.9 Å². The van der Waals surface area contributed by atoms with E-state index >= 15 is 0 Å². The molecule has 0 bridgehead atoms. The fourth-order valence-corrected chi connectivity index (χ4v) is 2.85. The maximum absolute atomic E-state index is 12.2. The van der Waals surface area contributed by atoms with Crippen LogP contribution in [0.5, 0.6) is 0 Å². The maximum atomic E-state index is 12.2. The van der Waals surface area contributed by atoms with Crippen LogP contribution in [0.2, 0.25) is 5.15 Å². The number of amides is 1. The van der Waals surface area contributed by atoms with E-state index in [1.807, 2.05) is 24.3 Å². The molecule has 2 heterocycles. The summed E-state index contributed by atoms with van der Waals surface area (Å²) in [5.74, 6) is -0.818. The summed E-state index contributed by atoms with van der Waals surface area (Å²) in [6, 6.07) is 9.29. The van der Waals surface area contributed by atoms with Crippen LogP contribution in [0.1, 0.15) is 23.0 Å². The van der Waals surface area contributed by atoms with E-state index in [9.17, 15) is 9.59 Å². The van der Waals surface area contributed by atoms with Crippen LogP contribution in [0.15, 0.2) is 36.5 Å². The number of rotatable bonds is 4. The number of aromatic nitrogens is 3. The van der Waals surface area contributed by atoms with Crippen LogP contribution < -0.4 is 4.90 Å². The van der Waals surface area contributed by atoms with E-state index in [4.69, 9.17) is 16.3 Å². The van der Waals surface area contributed by atoms with E-state index in [0.717, 1.165) is 16.5 Å². The van der Waals surface area contributed by atoms with Gasteiger partial charge in [-0.15, -0.1) is 0 Å². The van der Waals surface area contributed by atoms with Gasteiger partial charge >= 0.3 is 5.97 Å². The second-order valence-corrected chi connectivity index (χ2v) is 6.18. The van der Waals surface area contributed by atoms with Gasteiger partial charge in [0.25, 0.3) is 0 Å². The van der Waals surface area contributed by atoms with E-state index in [-0.39, 0.29) is 18.1 Å². The highest BCUT2D eigenvalue weighted by atomic mass is 35.5. The monoisotopic (exact) mass is 372 g/mol. The van der Waals surface area contributed by atoms with Crippen LogP contribution in [0.3, 0.4) is 0 Å². The number of methoxy groups -OCH3 is 1. The molecule has 8 heteroatoms. The molecule has 0 saturated carbocycles. The van der Waals surface area contributed by atoms with Crippen molar-refractivity contribution in [3.8, 4) is 0 Å². The quantitative estimate of drug-likeness (QED) is 0.519. The fourth-order valence-electron chi connectivity index (χ4n) is 2.70. The van der Waals surface area contributed by atoms with E-state index < -0.39 is 5.97 Å². The summed E-state index contributed by atoms with van der Waals surface area (Å²) in [7, 11) is 2.95. The summed E-state index contributed by atoms with van der Waals surface area (Å²) >= 11 is 5.96. The summed E-state index contributed by atoms with van der Waals surface area (Å²) in [6.45, 7) is 1.69. The minimum absolute atomic E-state index is 0.0900. The maximum Gasteiger partial charge on any atom is 0.360 e. The number of benzene rings is 1. The molecule has 0 aliphatic rings. The zero-order valence-electron chi connectivity index (χ0n) is 14.6. The van der Waals surface area contributed by atoms with Crippen molar-refractivity contribution >= 4 is 40.1 Å². The average Bonchev–Trinajstić information content (AvgIpc) is 2.99. The number of ether oxygens (including phenoxy) is 1.